The van der Waals surface area contributed by atoms with Crippen molar-refractivity contribution in [3.8, 4) is 11.5 Å². The fourth-order valence-electron chi connectivity index (χ4n) is 2.28. The monoisotopic (exact) mass is 417 g/mol. The number of para-hydroxylation sites is 1. The van der Waals surface area contributed by atoms with Crippen LogP contribution in [-0.4, -0.2) is 21.9 Å². The number of benzene rings is 2. The molecule has 0 atom stereocenters. The third kappa shape index (κ3) is 4.49. The van der Waals surface area contributed by atoms with Crippen molar-refractivity contribution in [2.75, 3.05) is 11.1 Å². The van der Waals surface area contributed by atoms with Crippen LogP contribution < -0.4 is 5.32 Å². The smallest absolute Gasteiger partial charge is 0.277 e. The van der Waals surface area contributed by atoms with Gasteiger partial charge in [0.2, 0.25) is 11.8 Å². The highest BCUT2D eigenvalue weighted by atomic mass is 79.9. The van der Waals surface area contributed by atoms with Gasteiger partial charge in [-0.15, -0.1) is 10.2 Å². The van der Waals surface area contributed by atoms with Crippen LogP contribution in [-0.2, 0) is 11.2 Å². The third-order valence-electron chi connectivity index (χ3n) is 3.51. The summed E-state index contributed by atoms with van der Waals surface area (Å²) in [5.74, 6) is 0.522. The summed E-state index contributed by atoms with van der Waals surface area (Å²) in [6.45, 7) is 2.06. The molecule has 1 N–H and O–H groups in total. The molecule has 0 saturated carbocycles. The van der Waals surface area contributed by atoms with Gasteiger partial charge in [0.15, 0.2) is 0 Å². The number of rotatable bonds is 6. The van der Waals surface area contributed by atoms with E-state index in [1.807, 2.05) is 48.5 Å². The number of aromatic nitrogens is 2. The molecule has 0 bridgehead atoms. The molecule has 3 rings (SSSR count). The molecule has 1 heterocycles. The largest absolute Gasteiger partial charge is 0.411 e. The summed E-state index contributed by atoms with van der Waals surface area (Å²) in [7, 11) is 0. The molecule has 0 fully saturated rings. The van der Waals surface area contributed by atoms with Gasteiger partial charge < -0.3 is 9.73 Å². The van der Waals surface area contributed by atoms with Gasteiger partial charge in [0, 0.05) is 10.2 Å². The average molecular weight is 418 g/mol. The first-order chi connectivity index (χ1) is 12.2. The predicted molar refractivity (Wildman–Crippen MR) is 103 cm³/mol. The summed E-state index contributed by atoms with van der Waals surface area (Å²) in [5.41, 5.74) is 2.77. The van der Waals surface area contributed by atoms with Gasteiger partial charge in [-0.25, -0.2) is 0 Å². The van der Waals surface area contributed by atoms with E-state index in [9.17, 15) is 4.79 Å². The van der Waals surface area contributed by atoms with Crippen molar-refractivity contribution in [1.82, 2.24) is 10.2 Å². The molecule has 1 amide bonds. The fourth-order valence-corrected chi connectivity index (χ4v) is 3.29. The lowest BCUT2D eigenvalue weighted by Crippen LogP contribution is -2.15. The third-order valence-corrected chi connectivity index (χ3v) is 5.02. The molecule has 5 nitrogen and oxygen atoms in total. The van der Waals surface area contributed by atoms with E-state index in [0.29, 0.717) is 11.1 Å². The Labute approximate surface area is 158 Å². The van der Waals surface area contributed by atoms with Crippen molar-refractivity contribution >= 4 is 39.3 Å². The lowest BCUT2D eigenvalue weighted by atomic mass is 10.1. The molecule has 0 aliphatic heterocycles. The highest BCUT2D eigenvalue weighted by Gasteiger charge is 2.13. The summed E-state index contributed by atoms with van der Waals surface area (Å²) >= 11 is 4.67. The van der Waals surface area contributed by atoms with E-state index in [2.05, 4.69) is 38.4 Å². The molecule has 7 heteroatoms. The molecule has 2 aromatic carbocycles. The highest BCUT2D eigenvalue weighted by Crippen LogP contribution is 2.29. The van der Waals surface area contributed by atoms with Crippen LogP contribution in [0.3, 0.4) is 0 Å². The van der Waals surface area contributed by atoms with E-state index in [0.717, 1.165) is 27.7 Å². The molecule has 1 aromatic heterocycles. The number of carbonyl (C=O) groups is 1. The Morgan fingerprint density at radius 3 is 2.72 bits per heavy atom. The van der Waals surface area contributed by atoms with Crippen molar-refractivity contribution in [3.63, 3.8) is 0 Å². The SMILES string of the molecule is CCc1ccccc1NC(=O)CSc1nnc(-c2ccccc2Br)o1. The molecule has 0 spiro atoms. The zero-order valence-corrected chi connectivity index (χ0v) is 15.9. The zero-order valence-electron chi connectivity index (χ0n) is 13.5. The van der Waals surface area contributed by atoms with Gasteiger partial charge in [0.05, 0.1) is 11.3 Å². The van der Waals surface area contributed by atoms with Crippen LogP contribution in [0.2, 0.25) is 0 Å². The van der Waals surface area contributed by atoms with E-state index in [-0.39, 0.29) is 11.7 Å². The molecule has 25 heavy (non-hydrogen) atoms. The number of carbonyl (C=O) groups excluding carboxylic acids is 1. The number of halogens is 1. The number of nitrogens with zero attached hydrogens (tertiary/aromatic N) is 2. The van der Waals surface area contributed by atoms with Crippen molar-refractivity contribution in [2.45, 2.75) is 18.6 Å². The first kappa shape index (κ1) is 17.7. The number of amides is 1. The van der Waals surface area contributed by atoms with Gasteiger partial charge in [-0.3, -0.25) is 4.79 Å². The summed E-state index contributed by atoms with van der Waals surface area (Å²) in [4.78, 5) is 12.2. The molecule has 0 aliphatic carbocycles. The molecular formula is C18H16BrN3O2S. The molecular weight excluding hydrogens is 402 g/mol. The highest BCUT2D eigenvalue weighted by molar-refractivity contribution is 9.10. The first-order valence-electron chi connectivity index (χ1n) is 7.76. The maximum atomic E-state index is 12.2. The Morgan fingerprint density at radius 2 is 1.92 bits per heavy atom. The molecule has 128 valence electrons. The first-order valence-corrected chi connectivity index (χ1v) is 9.54. The summed E-state index contributed by atoms with van der Waals surface area (Å²) < 4.78 is 6.51. The van der Waals surface area contributed by atoms with Gasteiger partial charge in [0.25, 0.3) is 5.22 Å². The van der Waals surface area contributed by atoms with Crippen molar-refractivity contribution < 1.29 is 9.21 Å². The number of hydrogen-bond acceptors (Lipinski definition) is 5. The van der Waals surface area contributed by atoms with Crippen LogP contribution in [0.4, 0.5) is 5.69 Å². The minimum absolute atomic E-state index is 0.105. The summed E-state index contributed by atoms with van der Waals surface area (Å²) in [5, 5.41) is 11.3. The van der Waals surface area contributed by atoms with Gasteiger partial charge >= 0.3 is 0 Å². The molecule has 3 aromatic rings. The number of anilines is 1. The number of hydrogen-bond donors (Lipinski definition) is 1. The van der Waals surface area contributed by atoms with Gasteiger partial charge in [-0.05, 0) is 46.1 Å². The van der Waals surface area contributed by atoms with Crippen LogP contribution in [0.5, 0.6) is 0 Å². The Balaban J connectivity index is 1.61. The second-order valence-electron chi connectivity index (χ2n) is 5.20. The van der Waals surface area contributed by atoms with Crippen LogP contribution in [0.25, 0.3) is 11.5 Å². The topological polar surface area (TPSA) is 68.0 Å². The maximum Gasteiger partial charge on any atom is 0.277 e. The van der Waals surface area contributed by atoms with Crippen molar-refractivity contribution in [3.05, 3.63) is 58.6 Å². The normalized spacial score (nSPS) is 10.6. The zero-order chi connectivity index (χ0) is 17.6. The fraction of sp³-hybridized carbons (Fsp3) is 0.167. The Hall–Kier alpha value is -2.12. The lowest BCUT2D eigenvalue weighted by Gasteiger charge is -2.08. The second kappa shape index (κ2) is 8.31. The van der Waals surface area contributed by atoms with Crippen LogP contribution in [0, 0.1) is 0 Å². The van der Waals surface area contributed by atoms with Crippen LogP contribution in [0.1, 0.15) is 12.5 Å². The van der Waals surface area contributed by atoms with E-state index in [1.165, 1.54) is 11.8 Å². The standard InChI is InChI=1S/C18H16BrN3O2S/c1-2-12-7-3-6-10-15(12)20-16(23)11-25-18-22-21-17(24-18)13-8-4-5-9-14(13)19/h3-10H,2,11H2,1H3,(H,20,23). The number of nitrogens with one attached hydrogen (secondary N) is 1. The quantitative estimate of drug-likeness (QED) is 0.583. The predicted octanol–water partition coefficient (Wildman–Crippen LogP) is 4.79. The minimum Gasteiger partial charge on any atom is -0.411 e. The molecule has 0 aliphatic rings. The Kier molecular flexibility index (Phi) is 5.88. The second-order valence-corrected chi connectivity index (χ2v) is 6.98. The Morgan fingerprint density at radius 1 is 1.16 bits per heavy atom. The average Bonchev–Trinajstić information content (AvgIpc) is 3.09. The Bertz CT molecular complexity index is 882. The number of aryl methyl sites for hydroxylation is 1. The summed E-state index contributed by atoms with van der Waals surface area (Å²) in [6.07, 6.45) is 0.864. The lowest BCUT2D eigenvalue weighted by molar-refractivity contribution is -0.113. The number of thioether (sulfide) groups is 1. The summed E-state index contributed by atoms with van der Waals surface area (Å²) in [6, 6.07) is 15.4. The van der Waals surface area contributed by atoms with Gasteiger partial charge in [-0.1, -0.05) is 49.0 Å². The molecule has 0 radical (unpaired) electrons. The van der Waals surface area contributed by atoms with Crippen LogP contribution in [0.15, 0.2) is 62.6 Å². The van der Waals surface area contributed by atoms with E-state index >= 15 is 0 Å². The molecule has 0 saturated heterocycles. The van der Waals surface area contributed by atoms with Gasteiger partial charge in [-0.2, -0.15) is 0 Å². The van der Waals surface area contributed by atoms with Crippen molar-refractivity contribution in [1.29, 1.82) is 0 Å². The van der Waals surface area contributed by atoms with E-state index < -0.39 is 0 Å². The van der Waals surface area contributed by atoms with Gasteiger partial charge in [0.1, 0.15) is 0 Å². The molecule has 0 unspecified atom stereocenters. The minimum atomic E-state index is -0.105. The maximum absolute atomic E-state index is 12.2. The van der Waals surface area contributed by atoms with E-state index in [4.69, 9.17) is 4.42 Å². The van der Waals surface area contributed by atoms with E-state index in [1.54, 1.807) is 0 Å². The van der Waals surface area contributed by atoms with Crippen molar-refractivity contribution in [2.24, 2.45) is 0 Å². The van der Waals surface area contributed by atoms with Crippen LogP contribution >= 0.6 is 27.7 Å².